The van der Waals surface area contributed by atoms with Crippen LogP contribution in [0.2, 0.25) is 0 Å². The summed E-state index contributed by atoms with van der Waals surface area (Å²) in [7, 11) is 0. The number of imidazole rings is 1. The lowest BCUT2D eigenvalue weighted by Crippen LogP contribution is -2.04. The van der Waals surface area contributed by atoms with Crippen LogP contribution >= 0.6 is 0 Å². The van der Waals surface area contributed by atoms with Gasteiger partial charge in [0, 0.05) is 18.2 Å². The van der Waals surface area contributed by atoms with Crippen molar-refractivity contribution >= 4 is 0 Å². The van der Waals surface area contributed by atoms with Crippen molar-refractivity contribution in [1.82, 2.24) is 9.55 Å². The van der Waals surface area contributed by atoms with Crippen molar-refractivity contribution in [3.8, 4) is 0 Å². The number of hydrogen-bond donors (Lipinski definition) is 0. The highest BCUT2D eigenvalue weighted by atomic mass is 15.1. The zero-order valence-corrected chi connectivity index (χ0v) is 9.03. The Labute approximate surface area is 85.3 Å². The maximum absolute atomic E-state index is 4.78. The molecule has 2 heterocycles. The first-order valence-corrected chi connectivity index (χ1v) is 5.81. The van der Waals surface area contributed by atoms with Gasteiger partial charge in [-0.2, -0.15) is 0 Å². The summed E-state index contributed by atoms with van der Waals surface area (Å²) in [5.74, 6) is 2.90. The molecule has 2 atom stereocenters. The molecule has 1 aliphatic carbocycles. The van der Waals surface area contributed by atoms with E-state index in [4.69, 9.17) is 4.98 Å². The first kappa shape index (κ1) is 8.51. The molecule has 0 N–H and O–H groups in total. The zero-order chi connectivity index (χ0) is 9.71. The Morgan fingerprint density at radius 3 is 3.07 bits per heavy atom. The smallest absolute Gasteiger partial charge is 0.112 e. The van der Waals surface area contributed by atoms with Gasteiger partial charge in [-0.25, -0.2) is 4.98 Å². The topological polar surface area (TPSA) is 17.8 Å². The minimum absolute atomic E-state index is 0.725. The van der Waals surface area contributed by atoms with Crippen LogP contribution < -0.4 is 0 Å². The lowest BCUT2D eigenvalue weighted by molar-refractivity contribution is 0.525. The van der Waals surface area contributed by atoms with Crippen LogP contribution in [0.15, 0.2) is 6.20 Å². The molecular formula is C12H18N2. The van der Waals surface area contributed by atoms with Gasteiger partial charge in [0.25, 0.3) is 0 Å². The Kier molecular flexibility index (Phi) is 1.73. The van der Waals surface area contributed by atoms with Gasteiger partial charge in [0.15, 0.2) is 0 Å². The molecule has 1 aliphatic heterocycles. The third-order valence-corrected chi connectivity index (χ3v) is 3.59. The van der Waals surface area contributed by atoms with Crippen molar-refractivity contribution in [2.24, 2.45) is 5.92 Å². The molecule has 76 valence electrons. The second kappa shape index (κ2) is 2.85. The summed E-state index contributed by atoms with van der Waals surface area (Å²) < 4.78 is 2.45. The molecule has 2 unspecified atom stereocenters. The fraction of sp³-hybridized carbons (Fsp3) is 0.750. The van der Waals surface area contributed by atoms with E-state index in [2.05, 4.69) is 24.6 Å². The fourth-order valence-electron chi connectivity index (χ4n) is 3.02. The average Bonchev–Trinajstić information content (AvgIpc) is 2.69. The van der Waals surface area contributed by atoms with Gasteiger partial charge >= 0.3 is 0 Å². The van der Waals surface area contributed by atoms with Gasteiger partial charge in [-0.3, -0.25) is 0 Å². The maximum atomic E-state index is 4.78. The van der Waals surface area contributed by atoms with Crippen LogP contribution in [-0.4, -0.2) is 9.55 Å². The summed E-state index contributed by atoms with van der Waals surface area (Å²) in [6.07, 6.45) is 7.57. The van der Waals surface area contributed by atoms with Gasteiger partial charge in [-0.05, 0) is 31.6 Å². The van der Waals surface area contributed by atoms with Crippen LogP contribution in [0.3, 0.4) is 0 Å². The Morgan fingerprint density at radius 1 is 1.50 bits per heavy atom. The maximum Gasteiger partial charge on any atom is 0.112 e. The standard InChI is InChI=1S/C12H18N2/c1-8(2)5-10-7-14-11-4-3-9(6-11)12(14)13-10/h7-9,11H,3-6H2,1-2H3. The highest BCUT2D eigenvalue weighted by Crippen LogP contribution is 2.48. The van der Waals surface area contributed by atoms with E-state index in [9.17, 15) is 0 Å². The highest BCUT2D eigenvalue weighted by Gasteiger charge is 2.38. The van der Waals surface area contributed by atoms with Crippen molar-refractivity contribution < 1.29 is 0 Å². The van der Waals surface area contributed by atoms with E-state index in [0.29, 0.717) is 0 Å². The lowest BCUT2D eigenvalue weighted by atomic mass is 10.1. The Hall–Kier alpha value is -0.790. The van der Waals surface area contributed by atoms with E-state index < -0.39 is 0 Å². The van der Waals surface area contributed by atoms with Crippen LogP contribution in [0.25, 0.3) is 0 Å². The second-order valence-electron chi connectivity index (χ2n) is 5.26. The van der Waals surface area contributed by atoms with Gasteiger partial charge in [0.2, 0.25) is 0 Å². The summed E-state index contributed by atoms with van der Waals surface area (Å²) in [4.78, 5) is 4.78. The number of hydrogen-bond acceptors (Lipinski definition) is 1. The molecule has 0 amide bonds. The Balaban J connectivity index is 1.91. The number of aromatic nitrogens is 2. The molecule has 0 saturated heterocycles. The van der Waals surface area contributed by atoms with Crippen molar-refractivity contribution in [2.75, 3.05) is 0 Å². The van der Waals surface area contributed by atoms with Gasteiger partial charge in [0.1, 0.15) is 5.82 Å². The second-order valence-corrected chi connectivity index (χ2v) is 5.26. The van der Waals surface area contributed by atoms with Gasteiger partial charge in [-0.1, -0.05) is 13.8 Å². The minimum atomic E-state index is 0.725. The summed E-state index contributed by atoms with van der Waals surface area (Å²) in [6, 6.07) is 0.795. The largest absolute Gasteiger partial charge is 0.331 e. The van der Waals surface area contributed by atoms with E-state index in [1.165, 1.54) is 30.8 Å². The van der Waals surface area contributed by atoms with E-state index in [0.717, 1.165) is 24.3 Å². The third kappa shape index (κ3) is 1.13. The molecule has 2 aliphatic rings. The summed E-state index contributed by atoms with van der Waals surface area (Å²) in [5, 5.41) is 0. The van der Waals surface area contributed by atoms with Crippen molar-refractivity contribution in [2.45, 2.75) is 51.5 Å². The van der Waals surface area contributed by atoms with Crippen LogP contribution in [0, 0.1) is 5.92 Å². The van der Waals surface area contributed by atoms with Crippen molar-refractivity contribution in [1.29, 1.82) is 0 Å². The van der Waals surface area contributed by atoms with E-state index in [1.54, 1.807) is 0 Å². The lowest BCUT2D eigenvalue weighted by Gasteiger charge is -2.11. The third-order valence-electron chi connectivity index (χ3n) is 3.59. The van der Waals surface area contributed by atoms with Crippen LogP contribution in [0.1, 0.15) is 56.6 Å². The summed E-state index contributed by atoms with van der Waals surface area (Å²) in [6.45, 7) is 4.53. The predicted octanol–water partition coefficient (Wildman–Crippen LogP) is 2.90. The normalized spacial score (nSPS) is 28.8. The van der Waals surface area contributed by atoms with Gasteiger partial charge < -0.3 is 4.57 Å². The van der Waals surface area contributed by atoms with Gasteiger partial charge in [-0.15, -0.1) is 0 Å². The van der Waals surface area contributed by atoms with Crippen LogP contribution in [-0.2, 0) is 6.42 Å². The summed E-state index contributed by atoms with van der Waals surface area (Å²) >= 11 is 0. The Morgan fingerprint density at radius 2 is 2.36 bits per heavy atom. The molecule has 1 fully saturated rings. The first-order valence-electron chi connectivity index (χ1n) is 5.81. The fourth-order valence-corrected chi connectivity index (χ4v) is 3.02. The molecule has 1 aromatic heterocycles. The monoisotopic (exact) mass is 190 g/mol. The minimum Gasteiger partial charge on any atom is -0.331 e. The quantitative estimate of drug-likeness (QED) is 0.701. The molecule has 14 heavy (non-hydrogen) atoms. The van der Waals surface area contributed by atoms with Crippen LogP contribution in [0.4, 0.5) is 0 Å². The zero-order valence-electron chi connectivity index (χ0n) is 9.03. The SMILES string of the molecule is CC(C)Cc1cn2c(n1)C1CCC2C1. The molecule has 2 nitrogen and oxygen atoms in total. The van der Waals surface area contributed by atoms with E-state index >= 15 is 0 Å². The first-order chi connectivity index (χ1) is 6.74. The molecule has 1 saturated carbocycles. The molecule has 2 bridgehead atoms. The Bertz CT molecular complexity index is 324. The predicted molar refractivity (Wildman–Crippen MR) is 56.4 cm³/mol. The molecule has 2 heteroatoms. The average molecular weight is 190 g/mol. The highest BCUT2D eigenvalue weighted by molar-refractivity contribution is 5.18. The number of fused-ring (bicyclic) bond motifs is 5. The van der Waals surface area contributed by atoms with Crippen LogP contribution in [0.5, 0.6) is 0 Å². The molecule has 0 spiro atoms. The molecular weight excluding hydrogens is 172 g/mol. The van der Waals surface area contributed by atoms with Crippen molar-refractivity contribution in [3.63, 3.8) is 0 Å². The molecule has 0 aromatic carbocycles. The van der Waals surface area contributed by atoms with Gasteiger partial charge in [0.05, 0.1) is 5.69 Å². The molecule has 1 aromatic rings. The number of rotatable bonds is 2. The van der Waals surface area contributed by atoms with E-state index in [-0.39, 0.29) is 0 Å². The molecule has 3 rings (SSSR count). The van der Waals surface area contributed by atoms with E-state index in [1.807, 2.05) is 0 Å². The van der Waals surface area contributed by atoms with Crippen molar-refractivity contribution in [3.05, 3.63) is 17.7 Å². The number of nitrogens with zero attached hydrogens (tertiary/aromatic N) is 2. The molecule has 0 radical (unpaired) electrons. The summed E-state index contributed by atoms with van der Waals surface area (Å²) in [5.41, 5.74) is 1.31.